The zero-order valence-electron chi connectivity index (χ0n) is 14.1. The summed E-state index contributed by atoms with van der Waals surface area (Å²) >= 11 is 0. The summed E-state index contributed by atoms with van der Waals surface area (Å²) in [6, 6.07) is 12.6. The lowest BCUT2D eigenvalue weighted by atomic mass is 10.0. The van der Waals surface area contributed by atoms with Gasteiger partial charge in [0.2, 0.25) is 0 Å². The Morgan fingerprint density at radius 2 is 1.87 bits per heavy atom. The van der Waals surface area contributed by atoms with Crippen LogP contribution in [0.15, 0.2) is 36.4 Å². The lowest BCUT2D eigenvalue weighted by Gasteiger charge is -2.15. The fourth-order valence-electron chi connectivity index (χ4n) is 2.54. The van der Waals surface area contributed by atoms with Crippen molar-refractivity contribution < 1.29 is 14.2 Å². The Kier molecular flexibility index (Phi) is 7.87. The average Bonchev–Trinajstić information content (AvgIpc) is 2.59. The van der Waals surface area contributed by atoms with Crippen molar-refractivity contribution in [2.75, 3.05) is 40.1 Å². The summed E-state index contributed by atoms with van der Waals surface area (Å²) in [7, 11) is 1.73. The zero-order valence-corrected chi connectivity index (χ0v) is 14.1. The number of ether oxygens (including phenoxy) is 3. The number of nitrogens with one attached hydrogen (secondary N) is 1. The van der Waals surface area contributed by atoms with Gasteiger partial charge in [0, 0.05) is 32.4 Å². The van der Waals surface area contributed by atoms with Gasteiger partial charge in [0.05, 0.1) is 6.61 Å². The van der Waals surface area contributed by atoms with Gasteiger partial charge in [0.15, 0.2) is 0 Å². The molecule has 2 aromatic rings. The highest BCUT2D eigenvalue weighted by atomic mass is 16.5. The lowest BCUT2D eigenvalue weighted by Crippen LogP contribution is -2.17. The largest absolute Gasteiger partial charge is 0.491 e. The molecule has 0 amide bonds. The molecule has 1 N–H and O–H groups in total. The minimum Gasteiger partial charge on any atom is -0.491 e. The van der Waals surface area contributed by atoms with Gasteiger partial charge in [0.25, 0.3) is 0 Å². The SMILES string of the molecule is CCOCCOc1ccc2ccccc2c1CNCCCOC. The summed E-state index contributed by atoms with van der Waals surface area (Å²) < 4.78 is 16.4. The van der Waals surface area contributed by atoms with Gasteiger partial charge in [-0.15, -0.1) is 0 Å². The second kappa shape index (κ2) is 10.2. The molecular weight excluding hydrogens is 290 g/mol. The quantitative estimate of drug-likeness (QED) is 0.645. The van der Waals surface area contributed by atoms with Crippen molar-refractivity contribution in [1.82, 2.24) is 5.32 Å². The maximum atomic E-state index is 5.94. The van der Waals surface area contributed by atoms with Crippen LogP contribution >= 0.6 is 0 Å². The molecule has 0 saturated heterocycles. The standard InChI is InChI=1S/C19H27NO3/c1-3-22-13-14-23-19-10-9-16-7-4-5-8-17(16)18(19)15-20-11-6-12-21-2/h4-5,7-10,20H,3,6,11-15H2,1-2H3. The maximum Gasteiger partial charge on any atom is 0.124 e. The predicted molar refractivity (Wildman–Crippen MR) is 94.1 cm³/mol. The fourth-order valence-corrected chi connectivity index (χ4v) is 2.54. The van der Waals surface area contributed by atoms with E-state index in [1.807, 2.05) is 6.92 Å². The average molecular weight is 317 g/mol. The molecule has 0 aliphatic carbocycles. The molecule has 126 valence electrons. The van der Waals surface area contributed by atoms with Gasteiger partial charge >= 0.3 is 0 Å². The molecule has 0 radical (unpaired) electrons. The molecule has 4 heteroatoms. The van der Waals surface area contributed by atoms with Crippen LogP contribution in [0.1, 0.15) is 18.9 Å². The fraction of sp³-hybridized carbons (Fsp3) is 0.474. The maximum absolute atomic E-state index is 5.94. The van der Waals surface area contributed by atoms with E-state index in [0.717, 1.165) is 38.5 Å². The van der Waals surface area contributed by atoms with Crippen LogP contribution < -0.4 is 10.1 Å². The van der Waals surface area contributed by atoms with Crippen LogP contribution in [0.2, 0.25) is 0 Å². The van der Waals surface area contributed by atoms with Crippen molar-refractivity contribution in [1.29, 1.82) is 0 Å². The van der Waals surface area contributed by atoms with Gasteiger partial charge in [-0.25, -0.2) is 0 Å². The monoisotopic (exact) mass is 317 g/mol. The first kappa shape index (κ1) is 17.7. The van der Waals surface area contributed by atoms with Crippen molar-refractivity contribution in [3.8, 4) is 5.75 Å². The number of methoxy groups -OCH3 is 1. The van der Waals surface area contributed by atoms with E-state index in [4.69, 9.17) is 14.2 Å². The Morgan fingerprint density at radius 1 is 1.00 bits per heavy atom. The highest BCUT2D eigenvalue weighted by Crippen LogP contribution is 2.28. The Morgan fingerprint density at radius 3 is 2.70 bits per heavy atom. The number of hydrogen-bond donors (Lipinski definition) is 1. The molecule has 2 rings (SSSR count). The third-order valence-electron chi connectivity index (χ3n) is 3.69. The van der Waals surface area contributed by atoms with E-state index in [1.165, 1.54) is 16.3 Å². The van der Waals surface area contributed by atoms with Crippen LogP contribution in [-0.2, 0) is 16.0 Å². The zero-order chi connectivity index (χ0) is 16.3. The van der Waals surface area contributed by atoms with Gasteiger partial charge < -0.3 is 19.5 Å². The molecule has 0 spiro atoms. The summed E-state index contributed by atoms with van der Waals surface area (Å²) in [5.41, 5.74) is 1.21. The summed E-state index contributed by atoms with van der Waals surface area (Å²) in [5, 5.41) is 5.95. The topological polar surface area (TPSA) is 39.7 Å². The van der Waals surface area contributed by atoms with E-state index < -0.39 is 0 Å². The van der Waals surface area contributed by atoms with E-state index in [-0.39, 0.29) is 0 Å². The minimum absolute atomic E-state index is 0.572. The normalized spacial score (nSPS) is 11.0. The Hall–Kier alpha value is -1.62. The van der Waals surface area contributed by atoms with Gasteiger partial charge in [-0.1, -0.05) is 30.3 Å². The third kappa shape index (κ3) is 5.50. The summed E-state index contributed by atoms with van der Waals surface area (Å²) in [6.07, 6.45) is 1.00. The van der Waals surface area contributed by atoms with Gasteiger partial charge in [-0.2, -0.15) is 0 Å². The molecule has 0 saturated carbocycles. The summed E-state index contributed by atoms with van der Waals surface area (Å²) in [5.74, 6) is 0.933. The molecule has 0 aliphatic rings. The van der Waals surface area contributed by atoms with Crippen LogP contribution in [-0.4, -0.2) is 40.1 Å². The Labute approximate surface area is 138 Å². The smallest absolute Gasteiger partial charge is 0.124 e. The molecule has 0 bridgehead atoms. The van der Waals surface area contributed by atoms with Crippen LogP contribution in [0.4, 0.5) is 0 Å². The van der Waals surface area contributed by atoms with E-state index in [2.05, 4.69) is 41.7 Å². The highest BCUT2D eigenvalue weighted by molar-refractivity contribution is 5.87. The van der Waals surface area contributed by atoms with Crippen LogP contribution in [0.25, 0.3) is 10.8 Å². The Balaban J connectivity index is 2.08. The van der Waals surface area contributed by atoms with Crippen molar-refractivity contribution in [2.45, 2.75) is 19.9 Å². The first-order valence-electron chi connectivity index (χ1n) is 8.27. The van der Waals surface area contributed by atoms with Gasteiger partial charge in [-0.05, 0) is 36.7 Å². The third-order valence-corrected chi connectivity index (χ3v) is 3.69. The molecule has 0 fully saturated rings. The minimum atomic E-state index is 0.572. The van der Waals surface area contributed by atoms with E-state index in [1.54, 1.807) is 7.11 Å². The number of benzene rings is 2. The molecule has 0 aromatic heterocycles. The van der Waals surface area contributed by atoms with Crippen molar-refractivity contribution >= 4 is 10.8 Å². The summed E-state index contributed by atoms with van der Waals surface area (Å²) in [6.45, 7) is 6.39. The molecular formula is C19H27NO3. The predicted octanol–water partition coefficient (Wildman–Crippen LogP) is 3.38. The van der Waals surface area contributed by atoms with Crippen LogP contribution in [0, 0.1) is 0 Å². The lowest BCUT2D eigenvalue weighted by molar-refractivity contribution is 0.110. The Bertz CT molecular complexity index is 586. The first-order valence-corrected chi connectivity index (χ1v) is 8.27. The van der Waals surface area contributed by atoms with Crippen molar-refractivity contribution in [3.05, 3.63) is 42.0 Å². The van der Waals surface area contributed by atoms with Gasteiger partial charge in [0.1, 0.15) is 12.4 Å². The van der Waals surface area contributed by atoms with E-state index in [0.29, 0.717) is 13.2 Å². The molecule has 0 unspecified atom stereocenters. The number of fused-ring (bicyclic) bond motifs is 1. The number of rotatable bonds is 11. The highest BCUT2D eigenvalue weighted by Gasteiger charge is 2.08. The molecule has 4 nitrogen and oxygen atoms in total. The van der Waals surface area contributed by atoms with Gasteiger partial charge in [-0.3, -0.25) is 0 Å². The van der Waals surface area contributed by atoms with Crippen molar-refractivity contribution in [2.24, 2.45) is 0 Å². The molecule has 23 heavy (non-hydrogen) atoms. The van der Waals surface area contributed by atoms with Crippen LogP contribution in [0.5, 0.6) is 5.75 Å². The second-order valence-corrected chi connectivity index (χ2v) is 5.33. The van der Waals surface area contributed by atoms with Crippen molar-refractivity contribution in [3.63, 3.8) is 0 Å². The molecule has 0 aliphatic heterocycles. The van der Waals surface area contributed by atoms with E-state index >= 15 is 0 Å². The first-order chi connectivity index (χ1) is 11.4. The van der Waals surface area contributed by atoms with Crippen LogP contribution in [0.3, 0.4) is 0 Å². The molecule has 0 heterocycles. The molecule has 2 aromatic carbocycles. The second-order valence-electron chi connectivity index (χ2n) is 5.33. The number of hydrogen-bond acceptors (Lipinski definition) is 4. The summed E-state index contributed by atoms with van der Waals surface area (Å²) in [4.78, 5) is 0. The molecule has 0 atom stereocenters. The van der Waals surface area contributed by atoms with E-state index in [9.17, 15) is 0 Å².